The van der Waals surface area contributed by atoms with E-state index in [0.29, 0.717) is 6.04 Å². The van der Waals surface area contributed by atoms with Crippen LogP contribution >= 0.6 is 11.3 Å². The molecule has 0 aliphatic carbocycles. The van der Waals surface area contributed by atoms with Crippen LogP contribution in [0.15, 0.2) is 5.38 Å². The van der Waals surface area contributed by atoms with Crippen molar-refractivity contribution in [1.29, 1.82) is 0 Å². The number of aryl methyl sites for hydroxylation is 1. The zero-order valence-electron chi connectivity index (χ0n) is 9.84. The van der Waals surface area contributed by atoms with Gasteiger partial charge >= 0.3 is 0 Å². The summed E-state index contributed by atoms with van der Waals surface area (Å²) < 4.78 is 0. The summed E-state index contributed by atoms with van der Waals surface area (Å²) in [5.74, 6) is 0. The summed E-state index contributed by atoms with van der Waals surface area (Å²) in [5, 5.41) is 10.1. The maximum absolute atomic E-state index is 4.46. The van der Waals surface area contributed by atoms with E-state index < -0.39 is 0 Å². The largest absolute Gasteiger partial charge is 0.315 e. The van der Waals surface area contributed by atoms with E-state index in [-0.39, 0.29) is 0 Å². The van der Waals surface area contributed by atoms with E-state index in [2.05, 4.69) is 34.8 Å². The second-order valence-electron chi connectivity index (χ2n) is 3.75. The molecule has 15 heavy (non-hydrogen) atoms. The zero-order chi connectivity index (χ0) is 11.1. The minimum Gasteiger partial charge on any atom is -0.315 e. The van der Waals surface area contributed by atoms with Crippen LogP contribution in [0.2, 0.25) is 0 Å². The van der Waals surface area contributed by atoms with Crippen molar-refractivity contribution >= 4 is 11.3 Å². The van der Waals surface area contributed by atoms with E-state index in [9.17, 15) is 0 Å². The average Bonchev–Trinajstić information content (AvgIpc) is 2.64. The first-order chi connectivity index (χ1) is 7.24. The fraction of sp³-hybridized carbons (Fsp3) is 0.727. The van der Waals surface area contributed by atoms with Crippen LogP contribution in [0.25, 0.3) is 0 Å². The molecule has 1 atom stereocenters. The van der Waals surface area contributed by atoms with Crippen LogP contribution in [-0.2, 0) is 0 Å². The summed E-state index contributed by atoms with van der Waals surface area (Å²) in [4.78, 5) is 4.46. The van der Waals surface area contributed by atoms with Gasteiger partial charge in [-0.05, 0) is 26.8 Å². The Morgan fingerprint density at radius 1 is 1.40 bits per heavy atom. The van der Waals surface area contributed by atoms with Crippen molar-refractivity contribution in [3.05, 3.63) is 16.1 Å². The molecule has 1 aromatic rings. The molecular formula is C11H21N3S. The van der Waals surface area contributed by atoms with Crippen LogP contribution in [0.5, 0.6) is 0 Å². The normalized spacial score (nSPS) is 13.0. The van der Waals surface area contributed by atoms with E-state index in [1.165, 1.54) is 11.4 Å². The van der Waals surface area contributed by atoms with Crippen molar-refractivity contribution in [1.82, 2.24) is 15.6 Å². The molecule has 0 aliphatic rings. The summed E-state index contributed by atoms with van der Waals surface area (Å²) >= 11 is 1.73. The van der Waals surface area contributed by atoms with Gasteiger partial charge in [0.15, 0.2) is 0 Å². The van der Waals surface area contributed by atoms with E-state index >= 15 is 0 Å². The summed E-state index contributed by atoms with van der Waals surface area (Å²) in [5.41, 5.74) is 1.12. The Balaban J connectivity index is 2.16. The van der Waals surface area contributed by atoms with Gasteiger partial charge in [0, 0.05) is 24.2 Å². The molecule has 4 heteroatoms. The highest BCUT2D eigenvalue weighted by Crippen LogP contribution is 2.16. The van der Waals surface area contributed by atoms with Crippen molar-refractivity contribution < 1.29 is 0 Å². The fourth-order valence-corrected chi connectivity index (χ4v) is 2.17. The highest BCUT2D eigenvalue weighted by molar-refractivity contribution is 7.09. The molecule has 86 valence electrons. The summed E-state index contributed by atoms with van der Waals surface area (Å²) in [6.07, 6.45) is 1.20. The van der Waals surface area contributed by atoms with E-state index in [1.54, 1.807) is 11.3 Å². The van der Waals surface area contributed by atoms with Crippen molar-refractivity contribution in [2.24, 2.45) is 0 Å². The summed E-state index contributed by atoms with van der Waals surface area (Å²) in [6, 6.07) is 0.368. The highest BCUT2D eigenvalue weighted by atomic mass is 32.1. The third-order valence-corrected chi connectivity index (χ3v) is 3.33. The predicted octanol–water partition coefficient (Wildman–Crippen LogP) is 2.10. The van der Waals surface area contributed by atoms with E-state index in [0.717, 1.165) is 25.3 Å². The lowest BCUT2D eigenvalue weighted by molar-refractivity contribution is 0.542. The van der Waals surface area contributed by atoms with Gasteiger partial charge in [0.1, 0.15) is 5.01 Å². The molecule has 0 aliphatic heterocycles. The molecule has 0 saturated carbocycles. The smallest absolute Gasteiger partial charge is 0.110 e. The summed E-state index contributed by atoms with van der Waals surface area (Å²) in [6.45, 7) is 9.52. The van der Waals surface area contributed by atoms with Crippen LogP contribution in [-0.4, -0.2) is 24.6 Å². The third-order valence-electron chi connectivity index (χ3n) is 2.19. The Labute approximate surface area is 96.3 Å². The number of aromatic nitrogens is 1. The standard InChI is InChI=1S/C11H21N3S/c1-4-5-12-6-7-13-10(3)11-14-9(2)8-15-11/h8,10,12-13H,4-7H2,1-3H3. The van der Waals surface area contributed by atoms with Crippen molar-refractivity contribution in [2.75, 3.05) is 19.6 Å². The maximum atomic E-state index is 4.46. The molecule has 0 radical (unpaired) electrons. The molecule has 3 nitrogen and oxygen atoms in total. The lowest BCUT2D eigenvalue weighted by atomic mass is 10.3. The molecule has 0 amide bonds. The quantitative estimate of drug-likeness (QED) is 0.701. The monoisotopic (exact) mass is 227 g/mol. The number of hydrogen-bond donors (Lipinski definition) is 2. The van der Waals surface area contributed by atoms with Gasteiger partial charge in [0.25, 0.3) is 0 Å². The molecule has 1 rings (SSSR count). The number of thiazole rings is 1. The molecule has 0 bridgehead atoms. The third kappa shape index (κ3) is 4.73. The fourth-order valence-electron chi connectivity index (χ4n) is 1.34. The number of nitrogens with one attached hydrogen (secondary N) is 2. The molecular weight excluding hydrogens is 206 g/mol. The van der Waals surface area contributed by atoms with Crippen LogP contribution in [0.3, 0.4) is 0 Å². The molecule has 0 aromatic carbocycles. The second-order valence-corrected chi connectivity index (χ2v) is 4.64. The van der Waals surface area contributed by atoms with Gasteiger partial charge in [-0.15, -0.1) is 11.3 Å². The predicted molar refractivity (Wildman–Crippen MR) is 66.4 cm³/mol. The van der Waals surface area contributed by atoms with Crippen molar-refractivity contribution in [3.8, 4) is 0 Å². The minimum atomic E-state index is 0.368. The van der Waals surface area contributed by atoms with Gasteiger partial charge in [0.2, 0.25) is 0 Å². The lowest BCUT2D eigenvalue weighted by Gasteiger charge is -2.11. The molecule has 1 heterocycles. The van der Waals surface area contributed by atoms with Gasteiger partial charge in [-0.2, -0.15) is 0 Å². The first kappa shape index (κ1) is 12.6. The van der Waals surface area contributed by atoms with Gasteiger partial charge in [-0.25, -0.2) is 4.98 Å². The Morgan fingerprint density at radius 2 is 2.20 bits per heavy atom. The van der Waals surface area contributed by atoms with Crippen LogP contribution in [0.1, 0.15) is 37.0 Å². The minimum absolute atomic E-state index is 0.368. The first-order valence-corrected chi connectivity index (χ1v) is 6.48. The van der Waals surface area contributed by atoms with Crippen LogP contribution < -0.4 is 10.6 Å². The molecule has 1 unspecified atom stereocenters. The lowest BCUT2D eigenvalue weighted by Crippen LogP contribution is -2.29. The van der Waals surface area contributed by atoms with Gasteiger partial charge < -0.3 is 10.6 Å². The van der Waals surface area contributed by atoms with Crippen LogP contribution in [0, 0.1) is 6.92 Å². The Bertz CT molecular complexity index is 273. The molecule has 2 N–H and O–H groups in total. The molecule has 1 aromatic heterocycles. The Morgan fingerprint density at radius 3 is 2.80 bits per heavy atom. The summed E-state index contributed by atoms with van der Waals surface area (Å²) in [7, 11) is 0. The average molecular weight is 227 g/mol. The molecule has 0 spiro atoms. The Kier molecular flexibility index (Phi) is 5.83. The topological polar surface area (TPSA) is 37.0 Å². The maximum Gasteiger partial charge on any atom is 0.110 e. The number of nitrogens with zero attached hydrogens (tertiary/aromatic N) is 1. The van der Waals surface area contributed by atoms with Crippen molar-refractivity contribution in [2.45, 2.75) is 33.2 Å². The van der Waals surface area contributed by atoms with E-state index in [1.807, 2.05) is 6.92 Å². The van der Waals surface area contributed by atoms with Gasteiger partial charge in [-0.1, -0.05) is 6.92 Å². The zero-order valence-corrected chi connectivity index (χ0v) is 10.7. The highest BCUT2D eigenvalue weighted by Gasteiger charge is 2.07. The number of hydrogen-bond acceptors (Lipinski definition) is 4. The molecule has 0 saturated heterocycles. The first-order valence-electron chi connectivity index (χ1n) is 5.60. The van der Waals surface area contributed by atoms with Crippen molar-refractivity contribution in [3.63, 3.8) is 0 Å². The van der Waals surface area contributed by atoms with Gasteiger partial charge in [-0.3, -0.25) is 0 Å². The SMILES string of the molecule is CCCNCCNC(C)c1nc(C)cs1. The van der Waals surface area contributed by atoms with E-state index in [4.69, 9.17) is 0 Å². The number of rotatable bonds is 7. The molecule has 0 fully saturated rings. The Hall–Kier alpha value is -0.450. The van der Waals surface area contributed by atoms with Gasteiger partial charge in [0.05, 0.1) is 6.04 Å². The van der Waals surface area contributed by atoms with Crippen LogP contribution in [0.4, 0.5) is 0 Å². The second kappa shape index (κ2) is 6.93.